The molecule has 3 rings (SSSR count). The van der Waals surface area contributed by atoms with E-state index in [4.69, 9.17) is 0 Å². The van der Waals surface area contributed by atoms with E-state index in [1.807, 2.05) is 13.0 Å². The molecule has 0 saturated heterocycles. The van der Waals surface area contributed by atoms with Gasteiger partial charge in [-0.2, -0.15) is 0 Å². The number of amides is 2. The number of nitrogens with one attached hydrogen (secondary N) is 2. The first kappa shape index (κ1) is 9.39. The number of anilines is 1. The summed E-state index contributed by atoms with van der Waals surface area (Å²) in [4.78, 5) is 23.8. The molecule has 1 spiro atoms. The molecule has 0 aromatic heterocycles. The number of fused-ring (bicyclic) bond motifs is 1. The minimum absolute atomic E-state index is 0.0940. The van der Waals surface area contributed by atoms with E-state index in [0.717, 1.165) is 18.4 Å². The molecule has 1 aromatic rings. The van der Waals surface area contributed by atoms with Crippen LogP contribution in [0.5, 0.6) is 0 Å². The second-order valence-electron chi connectivity index (χ2n) is 4.54. The van der Waals surface area contributed by atoms with E-state index >= 15 is 0 Å². The van der Waals surface area contributed by atoms with Crippen molar-refractivity contribution in [2.24, 2.45) is 0 Å². The van der Waals surface area contributed by atoms with Crippen LogP contribution in [-0.2, 0) is 4.79 Å². The molecule has 0 radical (unpaired) electrons. The Morgan fingerprint density at radius 3 is 2.69 bits per heavy atom. The zero-order valence-corrected chi connectivity index (χ0v) is 8.96. The van der Waals surface area contributed by atoms with Crippen LogP contribution < -0.4 is 10.6 Å². The van der Waals surface area contributed by atoms with Gasteiger partial charge in [-0.15, -0.1) is 0 Å². The van der Waals surface area contributed by atoms with Gasteiger partial charge >= 0.3 is 0 Å². The smallest absolute Gasteiger partial charge is 0.254 e. The second-order valence-corrected chi connectivity index (χ2v) is 4.54. The third-order valence-electron chi connectivity index (χ3n) is 3.21. The minimum atomic E-state index is -0.635. The molecule has 2 N–H and O–H groups in total. The monoisotopic (exact) mass is 216 g/mol. The van der Waals surface area contributed by atoms with Crippen molar-refractivity contribution in [3.63, 3.8) is 0 Å². The van der Waals surface area contributed by atoms with Crippen LogP contribution in [0.25, 0.3) is 0 Å². The number of carbonyl (C=O) groups is 2. The molecule has 1 aliphatic heterocycles. The lowest BCUT2D eigenvalue weighted by Crippen LogP contribution is -2.43. The maximum atomic E-state index is 12.0. The van der Waals surface area contributed by atoms with Crippen molar-refractivity contribution in [1.29, 1.82) is 0 Å². The lowest BCUT2D eigenvalue weighted by Gasteiger charge is -2.10. The standard InChI is InChI=1S/C12H12N2O2/c1-7-2-3-9-8(6-7)10(15)14-12(4-5-12)11(16)13-9/h2-3,6H,4-5H2,1H3,(H,13,16)(H,14,15). The van der Waals surface area contributed by atoms with Crippen LogP contribution in [0.3, 0.4) is 0 Å². The maximum absolute atomic E-state index is 12.0. The fourth-order valence-corrected chi connectivity index (χ4v) is 2.02. The Morgan fingerprint density at radius 1 is 1.25 bits per heavy atom. The average Bonchev–Trinajstić information content (AvgIpc) is 3.01. The van der Waals surface area contributed by atoms with Crippen LogP contribution >= 0.6 is 0 Å². The molecule has 1 aromatic carbocycles. The highest BCUT2D eigenvalue weighted by molar-refractivity contribution is 6.12. The van der Waals surface area contributed by atoms with Crippen LogP contribution in [0.15, 0.2) is 18.2 Å². The molecule has 1 fully saturated rings. The third kappa shape index (κ3) is 1.23. The van der Waals surface area contributed by atoms with Gasteiger partial charge in [0, 0.05) is 0 Å². The summed E-state index contributed by atoms with van der Waals surface area (Å²) in [7, 11) is 0. The van der Waals surface area contributed by atoms with Gasteiger partial charge in [0.1, 0.15) is 5.54 Å². The Kier molecular flexibility index (Phi) is 1.67. The Morgan fingerprint density at radius 2 is 2.00 bits per heavy atom. The second kappa shape index (κ2) is 2.84. The van der Waals surface area contributed by atoms with Crippen LogP contribution in [0.2, 0.25) is 0 Å². The van der Waals surface area contributed by atoms with E-state index in [1.54, 1.807) is 12.1 Å². The molecule has 16 heavy (non-hydrogen) atoms. The quantitative estimate of drug-likeness (QED) is 0.684. The number of hydrogen-bond acceptors (Lipinski definition) is 2. The molecule has 0 bridgehead atoms. The summed E-state index contributed by atoms with van der Waals surface area (Å²) in [5, 5.41) is 5.62. The van der Waals surface area contributed by atoms with Gasteiger partial charge in [-0.3, -0.25) is 9.59 Å². The highest BCUT2D eigenvalue weighted by atomic mass is 16.2. The number of hydrogen-bond donors (Lipinski definition) is 2. The summed E-state index contributed by atoms with van der Waals surface area (Å²) in [6, 6.07) is 5.47. The van der Waals surface area contributed by atoms with Crippen molar-refractivity contribution in [2.75, 3.05) is 5.32 Å². The van der Waals surface area contributed by atoms with Crippen molar-refractivity contribution < 1.29 is 9.59 Å². The highest BCUT2D eigenvalue weighted by Crippen LogP contribution is 2.39. The average molecular weight is 216 g/mol. The summed E-state index contributed by atoms with van der Waals surface area (Å²) >= 11 is 0. The molecule has 1 heterocycles. The molecule has 2 aliphatic rings. The fourth-order valence-electron chi connectivity index (χ4n) is 2.02. The van der Waals surface area contributed by atoms with Gasteiger partial charge in [0.05, 0.1) is 11.3 Å². The first-order valence-electron chi connectivity index (χ1n) is 5.35. The van der Waals surface area contributed by atoms with Gasteiger partial charge in [0.2, 0.25) is 5.91 Å². The molecule has 82 valence electrons. The summed E-state index contributed by atoms with van der Waals surface area (Å²) in [5.41, 5.74) is 1.54. The van der Waals surface area contributed by atoms with E-state index in [1.165, 1.54) is 0 Å². The first-order chi connectivity index (χ1) is 7.61. The molecule has 0 unspecified atom stereocenters. The molecule has 2 amide bonds. The Labute approximate surface area is 93.0 Å². The topological polar surface area (TPSA) is 58.2 Å². The maximum Gasteiger partial charge on any atom is 0.254 e. The lowest BCUT2D eigenvalue weighted by atomic mass is 10.1. The fraction of sp³-hybridized carbons (Fsp3) is 0.333. The van der Waals surface area contributed by atoms with Crippen LogP contribution in [0.1, 0.15) is 28.8 Å². The van der Waals surface area contributed by atoms with E-state index in [0.29, 0.717) is 11.3 Å². The van der Waals surface area contributed by atoms with Gasteiger partial charge in [-0.05, 0) is 31.9 Å². The molecule has 4 nitrogen and oxygen atoms in total. The van der Waals surface area contributed by atoms with Crippen molar-refractivity contribution in [3.05, 3.63) is 29.3 Å². The summed E-state index contributed by atoms with van der Waals surface area (Å²) in [6.45, 7) is 1.92. The number of benzene rings is 1. The number of aryl methyl sites for hydroxylation is 1. The minimum Gasteiger partial charge on any atom is -0.338 e. The summed E-state index contributed by atoms with van der Waals surface area (Å²) < 4.78 is 0. The van der Waals surface area contributed by atoms with Gasteiger partial charge < -0.3 is 10.6 Å². The van der Waals surface area contributed by atoms with Crippen molar-refractivity contribution in [3.8, 4) is 0 Å². The summed E-state index contributed by atoms with van der Waals surface area (Å²) in [6.07, 6.45) is 1.47. The van der Waals surface area contributed by atoms with E-state index in [2.05, 4.69) is 10.6 Å². The Bertz CT molecular complexity index is 504. The zero-order chi connectivity index (χ0) is 11.3. The SMILES string of the molecule is Cc1ccc2c(c1)C(=O)NC1(CC1)C(=O)N2. The van der Waals surface area contributed by atoms with Crippen LogP contribution in [-0.4, -0.2) is 17.4 Å². The number of rotatable bonds is 0. The first-order valence-corrected chi connectivity index (χ1v) is 5.35. The molecular weight excluding hydrogens is 204 g/mol. The predicted molar refractivity (Wildman–Crippen MR) is 59.2 cm³/mol. The number of carbonyl (C=O) groups excluding carboxylic acids is 2. The zero-order valence-electron chi connectivity index (χ0n) is 8.96. The largest absolute Gasteiger partial charge is 0.338 e. The van der Waals surface area contributed by atoms with Crippen molar-refractivity contribution >= 4 is 17.5 Å². The van der Waals surface area contributed by atoms with Gasteiger partial charge in [0.15, 0.2) is 0 Å². The predicted octanol–water partition coefficient (Wildman–Crippen LogP) is 1.21. The van der Waals surface area contributed by atoms with Crippen molar-refractivity contribution in [2.45, 2.75) is 25.3 Å². The normalized spacial score (nSPS) is 20.8. The van der Waals surface area contributed by atoms with Gasteiger partial charge in [0.25, 0.3) is 5.91 Å². The van der Waals surface area contributed by atoms with Gasteiger partial charge in [-0.1, -0.05) is 11.6 Å². The molecule has 1 saturated carbocycles. The lowest BCUT2D eigenvalue weighted by molar-refractivity contribution is -0.118. The van der Waals surface area contributed by atoms with E-state index in [9.17, 15) is 9.59 Å². The van der Waals surface area contributed by atoms with Crippen LogP contribution in [0.4, 0.5) is 5.69 Å². The van der Waals surface area contributed by atoms with Crippen LogP contribution in [0, 0.1) is 6.92 Å². The Balaban J connectivity index is 2.10. The van der Waals surface area contributed by atoms with E-state index in [-0.39, 0.29) is 11.8 Å². The van der Waals surface area contributed by atoms with Crippen molar-refractivity contribution in [1.82, 2.24) is 5.32 Å². The summed E-state index contributed by atoms with van der Waals surface area (Å²) in [5.74, 6) is -0.252. The molecule has 1 aliphatic carbocycles. The Hall–Kier alpha value is -1.84. The van der Waals surface area contributed by atoms with Gasteiger partial charge in [-0.25, -0.2) is 0 Å². The molecule has 4 heteroatoms. The highest BCUT2D eigenvalue weighted by Gasteiger charge is 2.52. The van der Waals surface area contributed by atoms with E-state index < -0.39 is 5.54 Å². The molecule has 0 atom stereocenters. The molecular formula is C12H12N2O2. The third-order valence-corrected chi connectivity index (χ3v) is 3.21.